The highest BCUT2D eigenvalue weighted by molar-refractivity contribution is 9.10. The first-order valence-electron chi connectivity index (χ1n) is 6.25. The van der Waals surface area contributed by atoms with Crippen LogP contribution in [0.3, 0.4) is 0 Å². The van der Waals surface area contributed by atoms with Crippen LogP contribution in [0.2, 0.25) is 0 Å². The van der Waals surface area contributed by atoms with Crippen LogP contribution >= 0.6 is 15.9 Å². The molecule has 1 N–H and O–H groups in total. The molecule has 0 aliphatic rings. The van der Waals surface area contributed by atoms with Crippen molar-refractivity contribution in [3.63, 3.8) is 0 Å². The molecule has 0 aromatic carbocycles. The van der Waals surface area contributed by atoms with Gasteiger partial charge < -0.3 is 10.2 Å². The molecule has 0 unspecified atom stereocenters. The number of alkyl halides is 2. The maximum Gasteiger partial charge on any atom is 0.283 e. The van der Waals surface area contributed by atoms with Crippen molar-refractivity contribution < 1.29 is 13.6 Å². The lowest BCUT2D eigenvalue weighted by atomic mass is 10.4. The molecule has 5 nitrogen and oxygen atoms in total. The summed E-state index contributed by atoms with van der Waals surface area (Å²) in [5.74, 6) is -0.234. The molecule has 20 heavy (non-hydrogen) atoms. The third-order valence-corrected chi connectivity index (χ3v) is 3.74. The smallest absolute Gasteiger partial charge is 0.283 e. The van der Waals surface area contributed by atoms with Gasteiger partial charge in [0.05, 0.1) is 10.2 Å². The molecule has 0 aliphatic heterocycles. The standard InChI is InChI=1S/C12H19BrF2N4O/c1-8-10(13)11(12(14)15)17-19(8)7-9(20)16-5-4-6-18(2)3/h12H,4-7H2,1-3H3,(H,16,20). The normalized spacial score (nSPS) is 11.4. The van der Waals surface area contributed by atoms with E-state index in [9.17, 15) is 13.6 Å². The lowest BCUT2D eigenvalue weighted by Gasteiger charge is -2.10. The Morgan fingerprint density at radius 1 is 1.50 bits per heavy atom. The van der Waals surface area contributed by atoms with E-state index in [1.807, 2.05) is 19.0 Å². The summed E-state index contributed by atoms with van der Waals surface area (Å²) >= 11 is 3.07. The van der Waals surface area contributed by atoms with E-state index in [0.717, 1.165) is 13.0 Å². The predicted octanol–water partition coefficient (Wildman–Crippen LogP) is 1.96. The van der Waals surface area contributed by atoms with Crippen molar-refractivity contribution in [2.75, 3.05) is 27.2 Å². The molecule has 0 atom stereocenters. The van der Waals surface area contributed by atoms with Gasteiger partial charge in [0.1, 0.15) is 12.2 Å². The number of carbonyl (C=O) groups is 1. The van der Waals surface area contributed by atoms with E-state index in [1.54, 1.807) is 6.92 Å². The maximum atomic E-state index is 12.7. The minimum absolute atomic E-state index is 0.0564. The third kappa shape index (κ3) is 4.82. The maximum absolute atomic E-state index is 12.7. The second kappa shape index (κ2) is 7.68. The lowest BCUT2D eigenvalue weighted by Crippen LogP contribution is -2.30. The summed E-state index contributed by atoms with van der Waals surface area (Å²) in [5.41, 5.74) is 0.187. The average molecular weight is 353 g/mol. The fourth-order valence-electron chi connectivity index (χ4n) is 1.66. The number of amides is 1. The zero-order valence-electron chi connectivity index (χ0n) is 11.8. The molecule has 8 heteroatoms. The van der Waals surface area contributed by atoms with Crippen molar-refractivity contribution in [1.29, 1.82) is 0 Å². The molecule has 0 fully saturated rings. The van der Waals surface area contributed by atoms with Crippen molar-refractivity contribution in [2.45, 2.75) is 26.3 Å². The fraction of sp³-hybridized carbons (Fsp3) is 0.667. The number of aromatic nitrogens is 2. The molecule has 1 rings (SSSR count). The van der Waals surface area contributed by atoms with Gasteiger partial charge in [-0.15, -0.1) is 0 Å². The lowest BCUT2D eigenvalue weighted by molar-refractivity contribution is -0.121. The van der Waals surface area contributed by atoms with Crippen molar-refractivity contribution in [3.05, 3.63) is 15.9 Å². The first-order chi connectivity index (χ1) is 9.32. The second-order valence-electron chi connectivity index (χ2n) is 4.75. The average Bonchev–Trinajstić information content (AvgIpc) is 2.63. The molecule has 0 bridgehead atoms. The Balaban J connectivity index is 2.52. The Morgan fingerprint density at radius 2 is 2.15 bits per heavy atom. The van der Waals surface area contributed by atoms with E-state index in [2.05, 4.69) is 26.3 Å². The number of carbonyl (C=O) groups excluding carboxylic acids is 1. The van der Waals surface area contributed by atoms with Crippen molar-refractivity contribution >= 4 is 21.8 Å². The van der Waals surface area contributed by atoms with Gasteiger partial charge in [-0.2, -0.15) is 5.10 Å². The molecule has 0 spiro atoms. The minimum Gasteiger partial charge on any atom is -0.354 e. The number of halogens is 3. The van der Waals surface area contributed by atoms with Gasteiger partial charge in [0.2, 0.25) is 5.91 Å². The number of hydrogen-bond acceptors (Lipinski definition) is 3. The Hall–Kier alpha value is -1.02. The topological polar surface area (TPSA) is 50.2 Å². The molecule has 1 amide bonds. The number of nitrogens with zero attached hydrogens (tertiary/aromatic N) is 3. The van der Waals surface area contributed by atoms with Gasteiger partial charge in [-0.25, -0.2) is 8.78 Å². The van der Waals surface area contributed by atoms with E-state index < -0.39 is 6.43 Å². The van der Waals surface area contributed by atoms with Crippen LogP contribution < -0.4 is 5.32 Å². The molecule has 0 saturated heterocycles. The number of nitrogens with one attached hydrogen (secondary N) is 1. The van der Waals surface area contributed by atoms with Crippen LogP contribution in [0.5, 0.6) is 0 Å². The van der Waals surface area contributed by atoms with Gasteiger partial charge in [0, 0.05) is 6.54 Å². The highest BCUT2D eigenvalue weighted by atomic mass is 79.9. The highest BCUT2D eigenvalue weighted by Gasteiger charge is 2.20. The van der Waals surface area contributed by atoms with E-state index >= 15 is 0 Å². The van der Waals surface area contributed by atoms with Crippen LogP contribution in [0.4, 0.5) is 8.78 Å². The van der Waals surface area contributed by atoms with Crippen LogP contribution in [-0.2, 0) is 11.3 Å². The monoisotopic (exact) mass is 352 g/mol. The largest absolute Gasteiger partial charge is 0.354 e. The number of rotatable bonds is 7. The molecular weight excluding hydrogens is 334 g/mol. The SMILES string of the molecule is Cc1c(Br)c(C(F)F)nn1CC(=O)NCCCN(C)C. The summed E-state index contributed by atoms with van der Waals surface area (Å²) in [5, 5.41) is 6.50. The summed E-state index contributed by atoms with van der Waals surface area (Å²) in [6.45, 7) is 3.02. The van der Waals surface area contributed by atoms with Crippen LogP contribution in [-0.4, -0.2) is 47.8 Å². The van der Waals surface area contributed by atoms with Crippen LogP contribution in [0.15, 0.2) is 4.47 Å². The zero-order chi connectivity index (χ0) is 15.3. The second-order valence-corrected chi connectivity index (χ2v) is 5.54. The molecule has 0 aliphatic carbocycles. The first kappa shape index (κ1) is 17.0. The molecule has 1 aromatic heterocycles. The van der Waals surface area contributed by atoms with Gasteiger partial charge in [-0.1, -0.05) is 0 Å². The summed E-state index contributed by atoms with van der Waals surface area (Å²) in [6.07, 6.45) is -1.82. The number of hydrogen-bond donors (Lipinski definition) is 1. The third-order valence-electron chi connectivity index (χ3n) is 2.76. The first-order valence-corrected chi connectivity index (χ1v) is 7.04. The summed E-state index contributed by atoms with van der Waals surface area (Å²) < 4.78 is 26.9. The van der Waals surface area contributed by atoms with Crippen LogP contribution in [0.25, 0.3) is 0 Å². The van der Waals surface area contributed by atoms with E-state index in [-0.39, 0.29) is 22.6 Å². The Kier molecular flexibility index (Phi) is 6.54. The molecule has 1 aromatic rings. The molecule has 1 heterocycles. The van der Waals surface area contributed by atoms with E-state index in [0.29, 0.717) is 12.2 Å². The van der Waals surface area contributed by atoms with Gasteiger partial charge in [0.15, 0.2) is 0 Å². The Bertz CT molecular complexity index is 463. The summed E-state index contributed by atoms with van der Waals surface area (Å²) in [6, 6.07) is 0. The molecule has 0 saturated carbocycles. The molecular formula is C12H19BrF2N4O. The Morgan fingerprint density at radius 3 is 2.65 bits per heavy atom. The van der Waals surface area contributed by atoms with Crippen LogP contribution in [0.1, 0.15) is 24.2 Å². The van der Waals surface area contributed by atoms with Gasteiger partial charge >= 0.3 is 0 Å². The predicted molar refractivity (Wildman–Crippen MR) is 75.8 cm³/mol. The van der Waals surface area contributed by atoms with Gasteiger partial charge in [-0.05, 0) is 49.9 Å². The highest BCUT2D eigenvalue weighted by Crippen LogP contribution is 2.28. The Labute approximate surface area is 125 Å². The van der Waals surface area contributed by atoms with E-state index in [4.69, 9.17) is 0 Å². The molecule has 114 valence electrons. The van der Waals surface area contributed by atoms with Crippen molar-refractivity contribution in [3.8, 4) is 0 Å². The fourth-order valence-corrected chi connectivity index (χ4v) is 2.11. The van der Waals surface area contributed by atoms with Crippen molar-refractivity contribution in [1.82, 2.24) is 20.0 Å². The minimum atomic E-state index is -2.66. The van der Waals surface area contributed by atoms with Gasteiger partial charge in [0.25, 0.3) is 6.43 Å². The quantitative estimate of drug-likeness (QED) is 0.763. The molecule has 0 radical (unpaired) electrons. The summed E-state index contributed by atoms with van der Waals surface area (Å²) in [4.78, 5) is 13.7. The van der Waals surface area contributed by atoms with Crippen LogP contribution in [0, 0.1) is 6.92 Å². The van der Waals surface area contributed by atoms with Crippen molar-refractivity contribution in [2.24, 2.45) is 0 Å². The van der Waals surface area contributed by atoms with E-state index in [1.165, 1.54) is 4.68 Å². The summed E-state index contributed by atoms with van der Waals surface area (Å²) in [7, 11) is 3.91. The zero-order valence-corrected chi connectivity index (χ0v) is 13.4. The van der Waals surface area contributed by atoms with Gasteiger partial charge in [-0.3, -0.25) is 9.48 Å².